The molecule has 0 fully saturated rings. The summed E-state index contributed by atoms with van der Waals surface area (Å²) in [7, 11) is 1.22. The molecule has 13 nitrogen and oxygen atoms in total. The molecule has 234 valence electrons. The molecule has 2 aromatic rings. The smallest absolute Gasteiger partial charge is 0.328 e. The highest BCUT2D eigenvalue weighted by molar-refractivity contribution is 5.94. The van der Waals surface area contributed by atoms with Gasteiger partial charge in [-0.1, -0.05) is 56.3 Å². The molecule has 2 aromatic carbocycles. The topological polar surface area (TPSA) is 209 Å². The number of hydrogen-bond acceptors (Lipinski definition) is 9. The maximum absolute atomic E-state index is 13.2. The van der Waals surface area contributed by atoms with Crippen LogP contribution in [0.15, 0.2) is 54.6 Å². The number of aromatic hydroxyl groups is 1. The Hall–Kier alpha value is -4.49. The molecule has 0 aromatic heterocycles. The van der Waals surface area contributed by atoms with Gasteiger partial charge in [0.1, 0.15) is 23.9 Å². The highest BCUT2D eigenvalue weighted by atomic mass is 16.5. The van der Waals surface area contributed by atoms with Crippen LogP contribution in [0.25, 0.3) is 0 Å². The SMILES string of the molecule is COC(=O)[C@H](CC(C)C)NC(=O)[C@H](Cc1ccccc1)NC(=O)CNC(=O)[C@@H](CO)NC(=O)[C@@H](N)Cc1ccc(O)cc1. The van der Waals surface area contributed by atoms with Crippen LogP contribution in [0.5, 0.6) is 5.75 Å². The fourth-order valence-electron chi connectivity index (χ4n) is 4.15. The molecule has 0 aliphatic carbocycles. The van der Waals surface area contributed by atoms with Gasteiger partial charge in [0, 0.05) is 6.42 Å². The van der Waals surface area contributed by atoms with E-state index in [0.29, 0.717) is 12.0 Å². The van der Waals surface area contributed by atoms with Crippen molar-refractivity contribution in [2.45, 2.75) is 57.3 Å². The first-order valence-corrected chi connectivity index (χ1v) is 13.9. The first-order chi connectivity index (χ1) is 20.4. The molecule has 4 amide bonds. The average Bonchev–Trinajstić information content (AvgIpc) is 2.98. The van der Waals surface area contributed by atoms with Gasteiger partial charge in [0.15, 0.2) is 0 Å². The second-order valence-electron chi connectivity index (χ2n) is 10.5. The quantitative estimate of drug-likeness (QED) is 0.121. The lowest BCUT2D eigenvalue weighted by molar-refractivity contribution is -0.145. The van der Waals surface area contributed by atoms with Gasteiger partial charge in [-0.2, -0.15) is 0 Å². The Balaban J connectivity index is 2.00. The maximum Gasteiger partial charge on any atom is 0.328 e. The summed E-state index contributed by atoms with van der Waals surface area (Å²) >= 11 is 0. The number of nitrogens with two attached hydrogens (primary N) is 1. The summed E-state index contributed by atoms with van der Waals surface area (Å²) in [5.74, 6) is -3.34. The number of aliphatic hydroxyl groups excluding tert-OH is 1. The molecule has 0 aliphatic heterocycles. The Kier molecular flexibility index (Phi) is 14.1. The number of ether oxygens (including phenoxy) is 1. The Bertz CT molecular complexity index is 1220. The first-order valence-electron chi connectivity index (χ1n) is 13.9. The minimum absolute atomic E-state index is 0.0614. The van der Waals surface area contributed by atoms with Crippen molar-refractivity contribution in [3.05, 3.63) is 65.7 Å². The fourth-order valence-corrected chi connectivity index (χ4v) is 4.15. The minimum atomic E-state index is -1.38. The van der Waals surface area contributed by atoms with Crippen LogP contribution in [0.4, 0.5) is 0 Å². The molecule has 0 unspecified atom stereocenters. The highest BCUT2D eigenvalue weighted by Crippen LogP contribution is 2.11. The van der Waals surface area contributed by atoms with Crippen molar-refractivity contribution < 1.29 is 38.9 Å². The van der Waals surface area contributed by atoms with Crippen molar-refractivity contribution in [2.75, 3.05) is 20.3 Å². The number of benzene rings is 2. The van der Waals surface area contributed by atoms with Gasteiger partial charge in [-0.15, -0.1) is 0 Å². The third kappa shape index (κ3) is 12.1. The molecule has 4 atom stereocenters. The fraction of sp³-hybridized carbons (Fsp3) is 0.433. The normalized spacial score (nSPS) is 13.6. The molecule has 0 bridgehead atoms. The number of phenols is 1. The molecule has 0 saturated carbocycles. The second-order valence-corrected chi connectivity index (χ2v) is 10.5. The molecule has 8 N–H and O–H groups in total. The summed E-state index contributed by atoms with van der Waals surface area (Å²) < 4.78 is 4.81. The van der Waals surface area contributed by atoms with Gasteiger partial charge in [0.05, 0.1) is 26.3 Å². The van der Waals surface area contributed by atoms with E-state index in [1.54, 1.807) is 42.5 Å². The molecule has 0 aliphatic rings. The van der Waals surface area contributed by atoms with Gasteiger partial charge in [-0.05, 0) is 42.0 Å². The molecular weight excluding hydrogens is 558 g/mol. The lowest BCUT2D eigenvalue weighted by atomic mass is 10.0. The Morgan fingerprint density at radius 1 is 0.791 bits per heavy atom. The van der Waals surface area contributed by atoms with Gasteiger partial charge in [-0.3, -0.25) is 19.2 Å². The van der Waals surface area contributed by atoms with Gasteiger partial charge in [0.25, 0.3) is 0 Å². The van der Waals surface area contributed by atoms with E-state index in [1.165, 1.54) is 19.2 Å². The summed E-state index contributed by atoms with van der Waals surface area (Å²) in [6.07, 6.45) is 0.552. The van der Waals surface area contributed by atoms with E-state index in [-0.39, 0.29) is 24.5 Å². The number of nitrogens with one attached hydrogen (secondary N) is 4. The number of hydrogen-bond donors (Lipinski definition) is 7. The minimum Gasteiger partial charge on any atom is -0.508 e. The van der Waals surface area contributed by atoms with Crippen LogP contribution in [-0.4, -0.2) is 84.2 Å². The van der Waals surface area contributed by atoms with Crippen molar-refractivity contribution in [3.8, 4) is 5.75 Å². The maximum atomic E-state index is 13.2. The van der Waals surface area contributed by atoms with Crippen LogP contribution >= 0.6 is 0 Å². The van der Waals surface area contributed by atoms with Gasteiger partial charge in [-0.25, -0.2) is 4.79 Å². The Morgan fingerprint density at radius 2 is 1.40 bits per heavy atom. The molecular formula is C30H41N5O8. The highest BCUT2D eigenvalue weighted by Gasteiger charge is 2.29. The van der Waals surface area contributed by atoms with Gasteiger partial charge in [0.2, 0.25) is 23.6 Å². The number of esters is 1. The van der Waals surface area contributed by atoms with Crippen LogP contribution in [0, 0.1) is 5.92 Å². The molecule has 0 radical (unpaired) electrons. The summed E-state index contributed by atoms with van der Waals surface area (Å²) in [6.45, 7) is 2.46. The van der Waals surface area contributed by atoms with Crippen molar-refractivity contribution in [3.63, 3.8) is 0 Å². The zero-order valence-corrected chi connectivity index (χ0v) is 24.5. The number of carbonyl (C=O) groups is 5. The summed E-state index contributed by atoms with van der Waals surface area (Å²) in [4.78, 5) is 63.4. The third-order valence-corrected chi connectivity index (χ3v) is 6.41. The Labute approximate surface area is 250 Å². The van der Waals surface area contributed by atoms with Gasteiger partial charge >= 0.3 is 5.97 Å². The van der Waals surface area contributed by atoms with Crippen molar-refractivity contribution >= 4 is 29.6 Å². The molecule has 0 heterocycles. The van der Waals surface area contributed by atoms with Crippen molar-refractivity contribution in [1.29, 1.82) is 0 Å². The first kappa shape index (κ1) is 34.7. The number of aliphatic hydroxyl groups is 1. The van der Waals surface area contributed by atoms with Crippen LogP contribution in [0.2, 0.25) is 0 Å². The van der Waals surface area contributed by atoms with E-state index in [1.807, 2.05) is 13.8 Å². The number of amides is 4. The van der Waals surface area contributed by atoms with E-state index >= 15 is 0 Å². The van der Waals surface area contributed by atoms with Crippen LogP contribution in [-0.2, 0) is 41.6 Å². The Morgan fingerprint density at radius 3 is 1.98 bits per heavy atom. The molecule has 43 heavy (non-hydrogen) atoms. The van der Waals surface area contributed by atoms with Crippen LogP contribution in [0.1, 0.15) is 31.4 Å². The lowest BCUT2D eigenvalue weighted by Crippen LogP contribution is -2.56. The van der Waals surface area contributed by atoms with E-state index in [0.717, 1.165) is 5.56 Å². The zero-order valence-electron chi connectivity index (χ0n) is 24.5. The monoisotopic (exact) mass is 599 g/mol. The predicted molar refractivity (Wildman–Crippen MR) is 157 cm³/mol. The van der Waals surface area contributed by atoms with Crippen molar-refractivity contribution in [2.24, 2.45) is 11.7 Å². The second kappa shape index (κ2) is 17.5. The summed E-state index contributed by atoms with van der Waals surface area (Å²) in [6, 6.07) is 10.6. The summed E-state index contributed by atoms with van der Waals surface area (Å²) in [5.41, 5.74) is 7.36. The molecule has 13 heteroatoms. The number of carbonyl (C=O) groups excluding carboxylic acids is 5. The molecule has 0 spiro atoms. The predicted octanol–water partition coefficient (Wildman–Crippen LogP) is -0.713. The number of methoxy groups -OCH3 is 1. The number of rotatable bonds is 16. The van der Waals surface area contributed by atoms with E-state index in [9.17, 15) is 34.2 Å². The van der Waals surface area contributed by atoms with Crippen molar-refractivity contribution in [1.82, 2.24) is 21.3 Å². The summed E-state index contributed by atoms with van der Waals surface area (Å²) in [5, 5.41) is 29.0. The standard InChI is InChI=1S/C30H41N5O8/c1-18(2)13-24(30(42)43-3)34-29(41)23(15-19-7-5-4-6-8-19)33-26(38)16-32-28(40)25(17-36)35-27(39)22(31)14-20-9-11-21(37)12-10-20/h4-12,18,22-25,36-37H,13-17,31H2,1-3H3,(H,32,40)(H,33,38)(H,34,41)(H,35,39)/t22-,23-,24-,25+/m0/s1. The third-order valence-electron chi connectivity index (χ3n) is 6.41. The molecule has 0 saturated heterocycles. The van der Waals surface area contributed by atoms with E-state index in [2.05, 4.69) is 21.3 Å². The zero-order chi connectivity index (χ0) is 31.9. The van der Waals surface area contributed by atoms with Gasteiger partial charge < -0.3 is 42.0 Å². The lowest BCUT2D eigenvalue weighted by Gasteiger charge is -2.24. The average molecular weight is 600 g/mol. The largest absolute Gasteiger partial charge is 0.508 e. The van der Waals surface area contributed by atoms with Crippen LogP contribution < -0.4 is 27.0 Å². The van der Waals surface area contributed by atoms with Crippen LogP contribution in [0.3, 0.4) is 0 Å². The van der Waals surface area contributed by atoms with E-state index in [4.69, 9.17) is 10.5 Å². The molecule has 2 rings (SSSR count). The number of phenolic OH excluding ortho intramolecular Hbond substituents is 1. The van der Waals surface area contributed by atoms with E-state index < -0.39 is 66.9 Å².